The Morgan fingerprint density at radius 3 is 2.68 bits per heavy atom. The van der Waals surface area contributed by atoms with Gasteiger partial charge >= 0.3 is 5.69 Å². The van der Waals surface area contributed by atoms with E-state index < -0.39 is 15.5 Å². The Hall–Kier alpha value is -1.45. The highest BCUT2D eigenvalue weighted by Crippen LogP contribution is 2.33. The predicted molar refractivity (Wildman–Crippen MR) is 112 cm³/mol. The van der Waals surface area contributed by atoms with Crippen molar-refractivity contribution in [1.82, 2.24) is 9.55 Å². The second kappa shape index (κ2) is 7.76. The van der Waals surface area contributed by atoms with Crippen molar-refractivity contribution >= 4 is 43.3 Å². The van der Waals surface area contributed by atoms with E-state index in [1.54, 1.807) is 16.7 Å². The number of benzene rings is 1. The first-order valence-electron chi connectivity index (χ1n) is 9.10. The molecule has 2 heterocycles. The molecule has 0 amide bonds. The fourth-order valence-electron chi connectivity index (χ4n) is 3.88. The molecule has 0 spiro atoms. The lowest BCUT2D eigenvalue weighted by atomic mass is 10.2. The maximum Gasteiger partial charge on any atom is 0.349 e. The molecule has 1 atom stereocenters. The summed E-state index contributed by atoms with van der Waals surface area (Å²) in [7, 11) is -3.08. The zero-order chi connectivity index (χ0) is 19.9. The summed E-state index contributed by atoms with van der Waals surface area (Å²) in [6.45, 7) is 0. The Labute approximate surface area is 175 Å². The molecule has 1 aliphatic heterocycles. The van der Waals surface area contributed by atoms with E-state index in [-0.39, 0.29) is 29.1 Å². The summed E-state index contributed by atoms with van der Waals surface area (Å²) in [5.41, 5.74) is 2.12. The molecule has 148 valence electrons. The van der Waals surface area contributed by atoms with Crippen LogP contribution >= 0.6 is 27.7 Å². The molecule has 9 heteroatoms. The molecular weight excluding hydrogens is 464 g/mol. The van der Waals surface area contributed by atoms with Crippen molar-refractivity contribution in [2.45, 2.75) is 36.8 Å². The maximum atomic E-state index is 12.7. The van der Waals surface area contributed by atoms with Gasteiger partial charge in [-0.3, -0.25) is 9.36 Å². The van der Waals surface area contributed by atoms with Gasteiger partial charge in [-0.05, 0) is 37.8 Å². The largest absolute Gasteiger partial charge is 0.349 e. The van der Waals surface area contributed by atoms with Gasteiger partial charge in [0.25, 0.3) is 0 Å². The van der Waals surface area contributed by atoms with Gasteiger partial charge in [-0.25, -0.2) is 13.2 Å². The second-order valence-corrected chi connectivity index (χ2v) is 11.2. The van der Waals surface area contributed by atoms with Crippen molar-refractivity contribution in [2.75, 3.05) is 17.3 Å². The summed E-state index contributed by atoms with van der Waals surface area (Å²) in [4.78, 5) is 29.4. The van der Waals surface area contributed by atoms with Gasteiger partial charge in [0.05, 0.1) is 23.3 Å². The molecule has 0 saturated carbocycles. The topological polar surface area (TPSA) is 86.1 Å². The molecular formula is C19H19BrN2O4S2. The van der Waals surface area contributed by atoms with Gasteiger partial charge in [0.2, 0.25) is 0 Å². The van der Waals surface area contributed by atoms with Crippen molar-refractivity contribution in [3.05, 3.63) is 56.0 Å². The first kappa shape index (κ1) is 19.8. The number of halogens is 1. The minimum Gasteiger partial charge on any atom is -0.293 e. The molecule has 1 unspecified atom stereocenters. The average molecular weight is 483 g/mol. The van der Waals surface area contributed by atoms with E-state index in [2.05, 4.69) is 20.9 Å². The van der Waals surface area contributed by atoms with Crippen LogP contribution in [-0.4, -0.2) is 41.0 Å². The number of carbonyl (C=O) groups is 1. The van der Waals surface area contributed by atoms with E-state index in [1.807, 2.05) is 12.1 Å². The van der Waals surface area contributed by atoms with E-state index in [4.69, 9.17) is 0 Å². The maximum absolute atomic E-state index is 12.7. The third-order valence-corrected chi connectivity index (χ3v) is 8.52. The van der Waals surface area contributed by atoms with Gasteiger partial charge in [-0.2, -0.15) is 4.98 Å². The van der Waals surface area contributed by atoms with Crippen molar-refractivity contribution in [3.63, 3.8) is 0 Å². The first-order chi connectivity index (χ1) is 13.3. The molecule has 2 aromatic rings. The highest BCUT2D eigenvalue weighted by atomic mass is 79.9. The summed E-state index contributed by atoms with van der Waals surface area (Å²) >= 11 is 4.65. The van der Waals surface area contributed by atoms with Crippen molar-refractivity contribution < 1.29 is 13.2 Å². The van der Waals surface area contributed by atoms with Crippen LogP contribution in [0, 0.1) is 0 Å². The van der Waals surface area contributed by atoms with E-state index >= 15 is 0 Å². The number of hydrogen-bond donors (Lipinski definition) is 0. The van der Waals surface area contributed by atoms with Crippen LogP contribution in [0.15, 0.2) is 38.6 Å². The summed E-state index contributed by atoms with van der Waals surface area (Å²) in [6, 6.07) is 6.86. The number of thioether (sulfide) groups is 1. The Morgan fingerprint density at radius 1 is 1.25 bits per heavy atom. The van der Waals surface area contributed by atoms with Crippen molar-refractivity contribution in [3.8, 4) is 0 Å². The van der Waals surface area contributed by atoms with Crippen LogP contribution in [0.2, 0.25) is 0 Å². The number of Topliss-reactive ketones (excluding diaryl/α,β-unsaturated/α-hetero) is 1. The van der Waals surface area contributed by atoms with Gasteiger partial charge in [-0.1, -0.05) is 39.8 Å². The molecule has 1 aromatic carbocycles. The average Bonchev–Trinajstić information content (AvgIpc) is 3.26. The van der Waals surface area contributed by atoms with E-state index in [0.717, 1.165) is 35.0 Å². The van der Waals surface area contributed by atoms with Crippen LogP contribution in [0.1, 0.15) is 40.5 Å². The summed E-state index contributed by atoms with van der Waals surface area (Å²) in [5.74, 6) is 0.326. The van der Waals surface area contributed by atoms with Crippen LogP contribution in [0.5, 0.6) is 0 Å². The summed E-state index contributed by atoms with van der Waals surface area (Å²) in [6.07, 6.45) is 2.92. The fourth-order valence-corrected chi connectivity index (χ4v) is 6.81. The molecule has 0 bridgehead atoms. The van der Waals surface area contributed by atoms with Gasteiger partial charge in [-0.15, -0.1) is 0 Å². The Morgan fingerprint density at radius 2 is 2.00 bits per heavy atom. The lowest BCUT2D eigenvalue weighted by molar-refractivity contribution is 0.102. The molecule has 6 nitrogen and oxygen atoms in total. The standard InChI is InChI=1S/C19H19BrN2O4S2/c20-13-6-4-12(5-7-13)17(23)10-27-18-15-2-1-3-16(15)22(19(24)21-18)14-8-9-28(25,26)11-14/h4-7,14H,1-3,8-11H2. The van der Waals surface area contributed by atoms with Crippen LogP contribution in [0.4, 0.5) is 0 Å². The normalized spacial score (nSPS) is 20.2. The fraction of sp³-hybridized carbons (Fsp3) is 0.421. The van der Waals surface area contributed by atoms with Crippen molar-refractivity contribution in [2.24, 2.45) is 0 Å². The first-order valence-corrected chi connectivity index (χ1v) is 12.7. The number of fused-ring (bicyclic) bond motifs is 1. The Bertz CT molecular complexity index is 1090. The molecule has 0 N–H and O–H groups in total. The van der Waals surface area contributed by atoms with Gasteiger partial charge < -0.3 is 0 Å². The number of carbonyl (C=O) groups excluding carboxylic acids is 1. The van der Waals surface area contributed by atoms with Crippen LogP contribution in [0.3, 0.4) is 0 Å². The number of nitrogens with zero attached hydrogens (tertiary/aromatic N) is 2. The lowest BCUT2D eigenvalue weighted by Crippen LogP contribution is -2.31. The monoisotopic (exact) mass is 482 g/mol. The van der Waals surface area contributed by atoms with Crippen LogP contribution in [-0.2, 0) is 22.7 Å². The molecule has 0 radical (unpaired) electrons. The SMILES string of the molecule is O=C(CSc1nc(=O)n(C2CCS(=O)(=O)C2)c2c1CCC2)c1ccc(Br)cc1. The third-order valence-electron chi connectivity index (χ3n) is 5.22. The molecule has 4 rings (SSSR count). The van der Waals surface area contributed by atoms with Gasteiger partial charge in [0.15, 0.2) is 15.6 Å². The molecule has 28 heavy (non-hydrogen) atoms. The number of aromatic nitrogens is 2. The highest BCUT2D eigenvalue weighted by Gasteiger charge is 2.33. The Balaban J connectivity index is 1.58. The lowest BCUT2D eigenvalue weighted by Gasteiger charge is -2.18. The minimum atomic E-state index is -3.08. The number of rotatable bonds is 5. The van der Waals surface area contributed by atoms with Gasteiger partial charge in [0, 0.05) is 21.3 Å². The number of hydrogen-bond acceptors (Lipinski definition) is 6. The summed E-state index contributed by atoms with van der Waals surface area (Å²) < 4.78 is 26.2. The zero-order valence-electron chi connectivity index (χ0n) is 15.1. The minimum absolute atomic E-state index is 0.00949. The smallest absolute Gasteiger partial charge is 0.293 e. The quantitative estimate of drug-likeness (QED) is 0.370. The predicted octanol–water partition coefficient (Wildman–Crippen LogP) is 2.83. The highest BCUT2D eigenvalue weighted by molar-refractivity contribution is 9.10. The van der Waals surface area contributed by atoms with Crippen LogP contribution < -0.4 is 5.69 Å². The van der Waals surface area contributed by atoms with Crippen LogP contribution in [0.25, 0.3) is 0 Å². The molecule has 2 aliphatic rings. The number of ketones is 1. The third kappa shape index (κ3) is 3.97. The molecule has 1 saturated heterocycles. The molecule has 1 aliphatic carbocycles. The van der Waals surface area contributed by atoms with Crippen molar-refractivity contribution in [1.29, 1.82) is 0 Å². The van der Waals surface area contributed by atoms with Gasteiger partial charge in [0.1, 0.15) is 5.03 Å². The summed E-state index contributed by atoms with van der Waals surface area (Å²) in [5, 5.41) is 0.611. The zero-order valence-corrected chi connectivity index (χ0v) is 18.3. The van der Waals surface area contributed by atoms with E-state index in [1.165, 1.54) is 11.8 Å². The van der Waals surface area contributed by atoms with E-state index in [0.29, 0.717) is 17.0 Å². The molecule has 1 fully saturated rings. The molecule has 1 aromatic heterocycles. The van der Waals surface area contributed by atoms with E-state index in [9.17, 15) is 18.0 Å². The second-order valence-electron chi connectivity index (χ2n) is 7.12. The Kier molecular flexibility index (Phi) is 5.50. The number of sulfone groups is 1.